The molecule has 0 bridgehead atoms. The summed E-state index contributed by atoms with van der Waals surface area (Å²) < 4.78 is 0. The van der Waals surface area contributed by atoms with Gasteiger partial charge in [0.15, 0.2) is 0 Å². The fourth-order valence-corrected chi connectivity index (χ4v) is 2.28. The van der Waals surface area contributed by atoms with Crippen molar-refractivity contribution in [2.75, 3.05) is 0 Å². The summed E-state index contributed by atoms with van der Waals surface area (Å²) in [5, 5.41) is 0. The van der Waals surface area contributed by atoms with Gasteiger partial charge < -0.3 is 0 Å². The molecule has 1 aromatic carbocycles. The normalized spacial score (nSPS) is 12.6. The number of rotatable bonds is 7. The van der Waals surface area contributed by atoms with Crippen molar-refractivity contribution in [1.82, 2.24) is 0 Å². The lowest BCUT2D eigenvalue weighted by Crippen LogP contribution is -2.10. The molecule has 1 rings (SSSR count). The highest BCUT2D eigenvalue weighted by atomic mass is 14.2. The number of hydrogen-bond donors (Lipinski definition) is 0. The highest BCUT2D eigenvalue weighted by Gasteiger charge is 2.14. The van der Waals surface area contributed by atoms with Crippen LogP contribution in [-0.4, -0.2) is 0 Å². The second-order valence-electron chi connectivity index (χ2n) is 10.6. The molecule has 160 valence electrons. The lowest BCUT2D eigenvalue weighted by Gasteiger charge is -2.22. The molecule has 0 aliphatic carbocycles. The SMILES string of the molecule is CCC(C)(C)C.CCC(C)(C)CCc1ccccc1.CCC(C)CC(C)C. The molecule has 0 amide bonds. The van der Waals surface area contributed by atoms with Gasteiger partial charge in [-0.2, -0.15) is 0 Å². The maximum Gasteiger partial charge on any atom is -0.0274 e. The van der Waals surface area contributed by atoms with E-state index in [1.54, 1.807) is 0 Å². The van der Waals surface area contributed by atoms with Crippen molar-refractivity contribution in [3.8, 4) is 0 Å². The Morgan fingerprint density at radius 2 is 1.26 bits per heavy atom. The van der Waals surface area contributed by atoms with Crippen LogP contribution in [-0.2, 0) is 6.42 Å². The molecule has 0 saturated heterocycles. The van der Waals surface area contributed by atoms with E-state index in [-0.39, 0.29) is 0 Å². The molecule has 1 unspecified atom stereocenters. The van der Waals surface area contributed by atoms with Crippen molar-refractivity contribution in [2.45, 2.75) is 115 Å². The first-order valence-electron chi connectivity index (χ1n) is 11.4. The van der Waals surface area contributed by atoms with E-state index < -0.39 is 0 Å². The van der Waals surface area contributed by atoms with Gasteiger partial charge >= 0.3 is 0 Å². The summed E-state index contributed by atoms with van der Waals surface area (Å²) in [7, 11) is 0. The molecule has 0 heteroatoms. The zero-order valence-corrected chi connectivity index (χ0v) is 20.8. The molecule has 0 saturated carbocycles. The van der Waals surface area contributed by atoms with Crippen LogP contribution in [0.5, 0.6) is 0 Å². The molecular formula is C27H52. The van der Waals surface area contributed by atoms with Crippen molar-refractivity contribution in [1.29, 1.82) is 0 Å². The third-order valence-corrected chi connectivity index (χ3v) is 5.52. The van der Waals surface area contributed by atoms with Gasteiger partial charge in [-0.15, -0.1) is 0 Å². The third-order valence-electron chi connectivity index (χ3n) is 5.52. The summed E-state index contributed by atoms with van der Waals surface area (Å²) in [5.41, 5.74) is 2.50. The molecule has 0 aliphatic rings. The van der Waals surface area contributed by atoms with E-state index in [0.29, 0.717) is 10.8 Å². The van der Waals surface area contributed by atoms with Crippen molar-refractivity contribution in [3.05, 3.63) is 35.9 Å². The van der Waals surface area contributed by atoms with Crippen LogP contribution >= 0.6 is 0 Å². The monoisotopic (exact) mass is 376 g/mol. The summed E-state index contributed by atoms with van der Waals surface area (Å²) in [6, 6.07) is 10.7. The highest BCUT2D eigenvalue weighted by molar-refractivity contribution is 5.14. The van der Waals surface area contributed by atoms with Gasteiger partial charge in [0.1, 0.15) is 0 Å². The van der Waals surface area contributed by atoms with E-state index in [0.717, 1.165) is 11.8 Å². The Balaban J connectivity index is 0. The minimum absolute atomic E-state index is 0.496. The topological polar surface area (TPSA) is 0 Å². The Morgan fingerprint density at radius 1 is 0.778 bits per heavy atom. The van der Waals surface area contributed by atoms with E-state index in [2.05, 4.69) is 106 Å². The average Bonchev–Trinajstić information content (AvgIpc) is 2.61. The van der Waals surface area contributed by atoms with Crippen LogP contribution in [0.4, 0.5) is 0 Å². The van der Waals surface area contributed by atoms with Gasteiger partial charge in [-0.25, -0.2) is 0 Å². The first-order valence-corrected chi connectivity index (χ1v) is 11.4. The lowest BCUT2D eigenvalue weighted by molar-refractivity contribution is 0.322. The van der Waals surface area contributed by atoms with Crippen LogP contribution in [0.2, 0.25) is 0 Å². The molecule has 0 aliphatic heterocycles. The molecular weight excluding hydrogens is 324 g/mol. The fourth-order valence-electron chi connectivity index (χ4n) is 2.28. The van der Waals surface area contributed by atoms with Crippen LogP contribution in [0.1, 0.15) is 114 Å². The molecule has 0 nitrogen and oxygen atoms in total. The lowest BCUT2D eigenvalue weighted by atomic mass is 9.84. The summed E-state index contributed by atoms with van der Waals surface area (Å²) in [4.78, 5) is 0. The second kappa shape index (κ2) is 15.2. The second-order valence-corrected chi connectivity index (χ2v) is 10.6. The highest BCUT2D eigenvalue weighted by Crippen LogP contribution is 2.26. The fraction of sp³-hybridized carbons (Fsp3) is 0.778. The van der Waals surface area contributed by atoms with Gasteiger partial charge in [0.2, 0.25) is 0 Å². The molecule has 0 spiro atoms. The minimum atomic E-state index is 0.496. The van der Waals surface area contributed by atoms with E-state index in [9.17, 15) is 0 Å². The average molecular weight is 377 g/mol. The molecule has 1 atom stereocenters. The zero-order valence-electron chi connectivity index (χ0n) is 20.8. The van der Waals surface area contributed by atoms with Crippen molar-refractivity contribution >= 4 is 0 Å². The predicted octanol–water partition coefficient (Wildman–Crippen LogP) is 9.58. The Labute approximate surface area is 173 Å². The predicted molar refractivity (Wildman–Crippen MR) is 127 cm³/mol. The van der Waals surface area contributed by atoms with Gasteiger partial charge in [-0.1, -0.05) is 126 Å². The maximum atomic E-state index is 2.34. The van der Waals surface area contributed by atoms with Crippen molar-refractivity contribution in [2.24, 2.45) is 22.7 Å². The molecule has 1 aromatic rings. The Morgan fingerprint density at radius 3 is 1.56 bits per heavy atom. The number of hydrogen-bond acceptors (Lipinski definition) is 0. The largest absolute Gasteiger partial charge is 0.0651 e. The molecule has 0 fully saturated rings. The Kier molecular flexibility index (Phi) is 16.0. The van der Waals surface area contributed by atoms with E-state index in [1.807, 2.05) is 0 Å². The summed E-state index contributed by atoms with van der Waals surface area (Å²) in [5.74, 6) is 1.81. The van der Waals surface area contributed by atoms with Crippen LogP contribution < -0.4 is 0 Å². The maximum absolute atomic E-state index is 2.34. The molecule has 27 heavy (non-hydrogen) atoms. The van der Waals surface area contributed by atoms with Gasteiger partial charge in [0.25, 0.3) is 0 Å². The first kappa shape index (κ1) is 28.4. The van der Waals surface area contributed by atoms with E-state index in [1.165, 1.54) is 44.1 Å². The standard InChI is InChI=1S/C13H20.C8H18.C6H14/c1-4-13(2,3)11-10-12-8-6-5-7-9-12;1-5-8(4)6-7(2)3;1-5-6(2,3)4/h5-9H,4,10-11H2,1-3H3;7-8H,5-6H2,1-4H3;5H2,1-4H3. The van der Waals surface area contributed by atoms with Gasteiger partial charge in [-0.3, -0.25) is 0 Å². The van der Waals surface area contributed by atoms with Crippen LogP contribution in [0, 0.1) is 22.7 Å². The summed E-state index contributed by atoms with van der Waals surface area (Å²) >= 11 is 0. The Bertz CT molecular complexity index is 419. The van der Waals surface area contributed by atoms with Crippen LogP contribution in [0.25, 0.3) is 0 Å². The molecule has 0 aromatic heterocycles. The van der Waals surface area contributed by atoms with Crippen molar-refractivity contribution in [3.63, 3.8) is 0 Å². The van der Waals surface area contributed by atoms with Crippen LogP contribution in [0.3, 0.4) is 0 Å². The smallest absolute Gasteiger partial charge is 0.0274 e. The van der Waals surface area contributed by atoms with Crippen LogP contribution in [0.15, 0.2) is 30.3 Å². The third kappa shape index (κ3) is 21.4. The van der Waals surface area contributed by atoms with Gasteiger partial charge in [0.05, 0.1) is 0 Å². The Hall–Kier alpha value is -0.780. The molecule has 0 heterocycles. The summed E-state index contributed by atoms with van der Waals surface area (Å²) in [6.45, 7) is 25.0. The quantitative estimate of drug-likeness (QED) is 0.444. The minimum Gasteiger partial charge on any atom is -0.0651 e. The van der Waals surface area contributed by atoms with E-state index >= 15 is 0 Å². The van der Waals surface area contributed by atoms with Gasteiger partial charge in [-0.05, 0) is 47.5 Å². The molecule has 0 N–H and O–H groups in total. The van der Waals surface area contributed by atoms with Crippen molar-refractivity contribution < 1.29 is 0 Å². The number of aryl methyl sites for hydroxylation is 1. The van der Waals surface area contributed by atoms with E-state index in [4.69, 9.17) is 0 Å². The summed E-state index contributed by atoms with van der Waals surface area (Å²) in [6.07, 6.45) is 7.75. The zero-order chi connectivity index (χ0) is 21.5. The van der Waals surface area contributed by atoms with Gasteiger partial charge in [0, 0.05) is 0 Å². The first-order chi connectivity index (χ1) is 12.4. The molecule has 0 radical (unpaired) electrons. The number of benzene rings is 1.